The molecule has 0 atom stereocenters. The quantitative estimate of drug-likeness (QED) is 0.730. The molecule has 1 heterocycles. The Balaban J connectivity index is 2.22. The average Bonchev–Trinajstić information content (AvgIpc) is 2.30. The van der Waals surface area contributed by atoms with Gasteiger partial charge in [-0.05, 0) is 17.7 Å². The molecule has 3 nitrogen and oxygen atoms in total. The first kappa shape index (κ1) is 9.24. The Kier molecular flexibility index (Phi) is 2.81. The van der Waals surface area contributed by atoms with Gasteiger partial charge in [-0.2, -0.15) is 0 Å². The summed E-state index contributed by atoms with van der Waals surface area (Å²) < 4.78 is 0. The average molecular weight is 189 g/mol. The lowest BCUT2D eigenvalue weighted by Crippen LogP contribution is -2.34. The normalized spacial score (nSPS) is 15.9. The molecule has 1 aliphatic heterocycles. The van der Waals surface area contributed by atoms with Crippen LogP contribution in [0.5, 0.6) is 0 Å². The lowest BCUT2D eigenvalue weighted by Gasteiger charge is -2.24. The van der Waals surface area contributed by atoms with Gasteiger partial charge in [0.15, 0.2) is 0 Å². The van der Waals surface area contributed by atoms with E-state index in [9.17, 15) is 0 Å². The maximum absolute atomic E-state index is 5.60. The third-order valence-electron chi connectivity index (χ3n) is 2.31. The van der Waals surface area contributed by atoms with Crippen molar-refractivity contribution in [3.05, 3.63) is 42.1 Å². The Morgan fingerprint density at radius 2 is 2.36 bits per heavy atom. The van der Waals surface area contributed by atoms with Gasteiger partial charge < -0.3 is 10.6 Å². The summed E-state index contributed by atoms with van der Waals surface area (Å²) in [6.45, 7) is 2.41. The summed E-state index contributed by atoms with van der Waals surface area (Å²) in [4.78, 5) is 2.17. The minimum Gasteiger partial charge on any atom is -0.335 e. The Morgan fingerprint density at radius 1 is 1.43 bits per heavy atom. The molecule has 3 heteroatoms. The topological polar surface area (TPSA) is 41.3 Å². The van der Waals surface area contributed by atoms with Gasteiger partial charge in [-0.15, -0.1) is 0 Å². The largest absolute Gasteiger partial charge is 0.335 e. The van der Waals surface area contributed by atoms with Crippen LogP contribution in [-0.4, -0.2) is 13.2 Å². The molecule has 0 spiro atoms. The fraction of sp³-hybridized carbons (Fsp3) is 0.273. The van der Waals surface area contributed by atoms with Crippen molar-refractivity contribution in [3.63, 3.8) is 0 Å². The molecule has 74 valence electrons. The van der Waals surface area contributed by atoms with E-state index in [0.717, 1.165) is 13.2 Å². The highest BCUT2D eigenvalue weighted by Gasteiger charge is 2.05. The van der Waals surface area contributed by atoms with E-state index < -0.39 is 0 Å². The van der Waals surface area contributed by atoms with Crippen LogP contribution in [-0.2, 0) is 6.54 Å². The highest BCUT2D eigenvalue weighted by molar-refractivity contribution is 5.51. The van der Waals surface area contributed by atoms with Crippen molar-refractivity contribution in [3.8, 4) is 0 Å². The van der Waals surface area contributed by atoms with Crippen LogP contribution in [0, 0.1) is 0 Å². The van der Waals surface area contributed by atoms with E-state index in [2.05, 4.69) is 34.6 Å². The molecule has 0 unspecified atom stereocenters. The molecule has 0 aromatic heterocycles. The monoisotopic (exact) mass is 189 g/mol. The number of nitrogens with zero attached hydrogens (tertiary/aromatic N) is 1. The molecule has 0 saturated heterocycles. The fourth-order valence-corrected chi connectivity index (χ4v) is 1.54. The van der Waals surface area contributed by atoms with Crippen LogP contribution in [0.15, 0.2) is 36.5 Å². The van der Waals surface area contributed by atoms with E-state index in [0.29, 0.717) is 6.54 Å². The maximum Gasteiger partial charge on any atom is 0.0728 e. The standard InChI is InChI=1S/C11H15N3/c12-8-10-3-1-4-11(7-10)14-6-2-5-13-9-14/h1-4,6-7,13H,5,8-9,12H2. The van der Waals surface area contributed by atoms with Crippen molar-refractivity contribution in [2.24, 2.45) is 5.73 Å². The number of benzene rings is 1. The molecule has 1 aromatic rings. The lowest BCUT2D eigenvalue weighted by atomic mass is 10.2. The summed E-state index contributed by atoms with van der Waals surface area (Å²) in [6.07, 6.45) is 4.21. The second-order valence-corrected chi connectivity index (χ2v) is 3.34. The van der Waals surface area contributed by atoms with Gasteiger partial charge in [0.25, 0.3) is 0 Å². The Hall–Kier alpha value is -1.32. The van der Waals surface area contributed by atoms with E-state index in [1.54, 1.807) is 0 Å². The van der Waals surface area contributed by atoms with Gasteiger partial charge in [-0.25, -0.2) is 0 Å². The van der Waals surface area contributed by atoms with Crippen molar-refractivity contribution in [1.29, 1.82) is 0 Å². The summed E-state index contributed by atoms with van der Waals surface area (Å²) in [5, 5.41) is 3.28. The Morgan fingerprint density at radius 3 is 3.07 bits per heavy atom. The zero-order chi connectivity index (χ0) is 9.80. The van der Waals surface area contributed by atoms with Crippen molar-refractivity contribution >= 4 is 5.69 Å². The predicted molar refractivity (Wildman–Crippen MR) is 58.8 cm³/mol. The van der Waals surface area contributed by atoms with Crippen molar-refractivity contribution < 1.29 is 0 Å². The number of nitrogens with two attached hydrogens (primary N) is 1. The first-order valence-corrected chi connectivity index (χ1v) is 4.83. The summed E-state index contributed by atoms with van der Waals surface area (Å²) >= 11 is 0. The Labute approximate surface area is 84.2 Å². The van der Waals surface area contributed by atoms with Gasteiger partial charge in [-0.3, -0.25) is 5.32 Å². The number of nitrogens with one attached hydrogen (secondary N) is 1. The second kappa shape index (κ2) is 4.26. The third kappa shape index (κ3) is 1.95. The van der Waals surface area contributed by atoms with Gasteiger partial charge in [0.1, 0.15) is 0 Å². The molecule has 1 aromatic carbocycles. The molecular weight excluding hydrogens is 174 g/mol. The second-order valence-electron chi connectivity index (χ2n) is 3.34. The van der Waals surface area contributed by atoms with Gasteiger partial charge in [-0.1, -0.05) is 18.2 Å². The van der Waals surface area contributed by atoms with Crippen LogP contribution < -0.4 is 16.0 Å². The third-order valence-corrected chi connectivity index (χ3v) is 2.31. The van der Waals surface area contributed by atoms with Crippen LogP contribution >= 0.6 is 0 Å². The SMILES string of the molecule is NCc1cccc(N2C=CCNC2)c1. The van der Waals surface area contributed by atoms with Gasteiger partial charge in [0.05, 0.1) is 6.67 Å². The predicted octanol–water partition coefficient (Wildman–Crippen LogP) is 1.03. The van der Waals surface area contributed by atoms with Gasteiger partial charge in [0.2, 0.25) is 0 Å². The highest BCUT2D eigenvalue weighted by Crippen LogP contribution is 2.16. The van der Waals surface area contributed by atoms with Crippen LogP contribution in [0.3, 0.4) is 0 Å². The molecule has 2 rings (SSSR count). The zero-order valence-electron chi connectivity index (χ0n) is 8.11. The van der Waals surface area contributed by atoms with Crippen molar-refractivity contribution in [2.75, 3.05) is 18.1 Å². The Bertz CT molecular complexity index is 333. The molecule has 0 saturated carbocycles. The molecule has 0 amide bonds. The van der Waals surface area contributed by atoms with Crippen LogP contribution in [0.2, 0.25) is 0 Å². The number of anilines is 1. The van der Waals surface area contributed by atoms with Crippen LogP contribution in [0.25, 0.3) is 0 Å². The van der Waals surface area contributed by atoms with Crippen LogP contribution in [0.1, 0.15) is 5.56 Å². The summed E-state index contributed by atoms with van der Waals surface area (Å²) in [5.41, 5.74) is 7.96. The summed E-state index contributed by atoms with van der Waals surface area (Å²) in [7, 11) is 0. The number of rotatable bonds is 2. The number of hydrogen-bond acceptors (Lipinski definition) is 3. The first-order chi connectivity index (χ1) is 6.90. The molecular formula is C11H15N3. The van der Waals surface area contributed by atoms with E-state index in [1.807, 2.05) is 12.1 Å². The fourth-order valence-electron chi connectivity index (χ4n) is 1.54. The maximum atomic E-state index is 5.60. The molecule has 0 radical (unpaired) electrons. The van der Waals surface area contributed by atoms with Crippen molar-refractivity contribution in [2.45, 2.75) is 6.54 Å². The molecule has 3 N–H and O–H groups in total. The molecule has 0 fully saturated rings. The minimum atomic E-state index is 0.596. The lowest BCUT2D eigenvalue weighted by molar-refractivity contribution is 0.721. The van der Waals surface area contributed by atoms with E-state index in [-0.39, 0.29) is 0 Å². The number of hydrogen-bond donors (Lipinski definition) is 2. The van der Waals surface area contributed by atoms with Gasteiger partial charge in [0, 0.05) is 25.0 Å². The van der Waals surface area contributed by atoms with Gasteiger partial charge >= 0.3 is 0 Å². The molecule has 0 bridgehead atoms. The van der Waals surface area contributed by atoms with E-state index in [1.165, 1.54) is 11.3 Å². The van der Waals surface area contributed by atoms with Crippen LogP contribution in [0.4, 0.5) is 5.69 Å². The first-order valence-electron chi connectivity index (χ1n) is 4.83. The molecule has 14 heavy (non-hydrogen) atoms. The zero-order valence-corrected chi connectivity index (χ0v) is 8.11. The van der Waals surface area contributed by atoms with Crippen molar-refractivity contribution in [1.82, 2.24) is 5.32 Å². The molecule has 1 aliphatic rings. The molecule has 0 aliphatic carbocycles. The summed E-state index contributed by atoms with van der Waals surface area (Å²) in [6, 6.07) is 8.30. The highest BCUT2D eigenvalue weighted by atomic mass is 15.2. The van der Waals surface area contributed by atoms with E-state index in [4.69, 9.17) is 5.73 Å². The van der Waals surface area contributed by atoms with E-state index >= 15 is 0 Å². The minimum absolute atomic E-state index is 0.596. The smallest absolute Gasteiger partial charge is 0.0728 e. The summed E-state index contributed by atoms with van der Waals surface area (Å²) in [5.74, 6) is 0.